The van der Waals surface area contributed by atoms with Crippen LogP contribution < -0.4 is 5.32 Å². The van der Waals surface area contributed by atoms with E-state index in [-0.39, 0.29) is 11.5 Å². The van der Waals surface area contributed by atoms with E-state index >= 15 is 0 Å². The molecule has 0 unspecified atom stereocenters. The molecular weight excluding hydrogens is 354 g/mol. The third kappa shape index (κ3) is 2.68. The highest BCUT2D eigenvalue weighted by Crippen LogP contribution is 2.42. The van der Waals surface area contributed by atoms with Gasteiger partial charge < -0.3 is 5.32 Å². The highest BCUT2D eigenvalue weighted by molar-refractivity contribution is 7.99. The average Bonchev–Trinajstić information content (AvgIpc) is 3.02. The van der Waals surface area contributed by atoms with E-state index in [1.807, 2.05) is 6.92 Å². The second-order valence-electron chi connectivity index (χ2n) is 6.11. The minimum Gasteiger partial charge on any atom is -0.328 e. The van der Waals surface area contributed by atoms with E-state index < -0.39 is 11.0 Å². The highest BCUT2D eigenvalue weighted by Gasteiger charge is 2.39. The molecule has 8 nitrogen and oxygen atoms in total. The maximum absolute atomic E-state index is 12.7. The Balaban J connectivity index is 1.94. The van der Waals surface area contributed by atoms with E-state index in [0.29, 0.717) is 28.7 Å². The standard InChI is InChI=1S/C17H17N5O3S/c1-2-26-17-19-16-18-11-7-5-9-13(23)14(11)15(21(16)20-17)10-6-3-4-8-12(10)22(24)25/h3-4,6,8,15H,2,5,7,9H2,1H3,(H,18,19,20)/t15-/m1/s1. The van der Waals surface area contributed by atoms with Gasteiger partial charge in [-0.1, -0.05) is 30.8 Å². The predicted molar refractivity (Wildman–Crippen MR) is 97.2 cm³/mol. The minimum atomic E-state index is -0.630. The number of nitro groups is 1. The Morgan fingerprint density at radius 2 is 2.19 bits per heavy atom. The van der Waals surface area contributed by atoms with Crippen molar-refractivity contribution in [2.24, 2.45) is 0 Å². The molecule has 1 aliphatic carbocycles. The number of fused-ring (bicyclic) bond motifs is 1. The summed E-state index contributed by atoms with van der Waals surface area (Å²) in [5.74, 6) is 1.34. The molecule has 0 amide bonds. The van der Waals surface area contributed by atoms with E-state index in [4.69, 9.17) is 0 Å². The normalized spacial score (nSPS) is 19.0. The number of allylic oxidation sites excluding steroid dienone is 2. The smallest absolute Gasteiger partial charge is 0.275 e. The van der Waals surface area contributed by atoms with Gasteiger partial charge in [-0.15, -0.1) is 5.10 Å². The molecule has 0 fully saturated rings. The van der Waals surface area contributed by atoms with Crippen LogP contribution in [0.1, 0.15) is 37.8 Å². The maximum atomic E-state index is 12.7. The molecule has 2 aromatic rings. The highest BCUT2D eigenvalue weighted by atomic mass is 32.2. The van der Waals surface area contributed by atoms with Crippen LogP contribution in [0.4, 0.5) is 11.6 Å². The third-order valence-corrected chi connectivity index (χ3v) is 5.27. The summed E-state index contributed by atoms with van der Waals surface area (Å²) >= 11 is 1.49. The van der Waals surface area contributed by atoms with Gasteiger partial charge in [0.25, 0.3) is 5.69 Å². The van der Waals surface area contributed by atoms with Gasteiger partial charge >= 0.3 is 0 Å². The number of anilines is 1. The number of para-hydroxylation sites is 1. The van der Waals surface area contributed by atoms with Crippen LogP contribution in [0.25, 0.3) is 0 Å². The Morgan fingerprint density at radius 3 is 2.96 bits per heavy atom. The lowest BCUT2D eigenvalue weighted by Gasteiger charge is -2.31. The molecule has 1 aromatic carbocycles. The summed E-state index contributed by atoms with van der Waals surface area (Å²) in [7, 11) is 0. The van der Waals surface area contributed by atoms with Crippen LogP contribution in [-0.2, 0) is 4.79 Å². The van der Waals surface area contributed by atoms with E-state index in [1.165, 1.54) is 17.8 Å². The number of carbonyl (C=O) groups excluding carboxylic acids is 1. The Bertz CT molecular complexity index is 936. The van der Waals surface area contributed by atoms with E-state index in [2.05, 4.69) is 15.4 Å². The van der Waals surface area contributed by atoms with Crippen molar-refractivity contribution in [1.29, 1.82) is 0 Å². The number of aromatic nitrogens is 3. The zero-order chi connectivity index (χ0) is 18.3. The zero-order valence-corrected chi connectivity index (χ0v) is 15.0. The van der Waals surface area contributed by atoms with Gasteiger partial charge in [-0.05, 0) is 24.7 Å². The van der Waals surface area contributed by atoms with Gasteiger partial charge in [-0.2, -0.15) is 4.98 Å². The first-order valence-corrected chi connectivity index (χ1v) is 9.44. The van der Waals surface area contributed by atoms with Crippen molar-refractivity contribution >= 4 is 29.2 Å². The number of carbonyl (C=O) groups is 1. The van der Waals surface area contributed by atoms with Crippen LogP contribution in [0.2, 0.25) is 0 Å². The monoisotopic (exact) mass is 371 g/mol. The molecule has 1 aromatic heterocycles. The molecule has 1 N–H and O–H groups in total. The van der Waals surface area contributed by atoms with Crippen LogP contribution in [0.3, 0.4) is 0 Å². The van der Waals surface area contributed by atoms with Crippen LogP contribution >= 0.6 is 11.8 Å². The number of Topliss-reactive ketones (excluding diaryl/α,β-unsaturated/α-hetero) is 1. The molecule has 0 spiro atoms. The molecule has 26 heavy (non-hydrogen) atoms. The van der Waals surface area contributed by atoms with Gasteiger partial charge in [0.2, 0.25) is 11.1 Å². The molecule has 0 radical (unpaired) electrons. The lowest BCUT2D eigenvalue weighted by Crippen LogP contribution is -2.31. The lowest BCUT2D eigenvalue weighted by molar-refractivity contribution is -0.385. The second-order valence-corrected chi connectivity index (χ2v) is 7.34. The summed E-state index contributed by atoms with van der Waals surface area (Å²) in [6.45, 7) is 2.00. The Kier molecular flexibility index (Phi) is 4.23. The molecule has 4 rings (SSSR count). The number of nitrogens with zero attached hydrogens (tertiary/aromatic N) is 4. The number of hydrogen-bond acceptors (Lipinski definition) is 7. The van der Waals surface area contributed by atoms with Crippen LogP contribution in [0.15, 0.2) is 40.7 Å². The summed E-state index contributed by atoms with van der Waals surface area (Å²) in [5, 5.41) is 19.9. The van der Waals surface area contributed by atoms with E-state index in [0.717, 1.165) is 24.3 Å². The Morgan fingerprint density at radius 1 is 1.38 bits per heavy atom. The van der Waals surface area contributed by atoms with Gasteiger partial charge in [0, 0.05) is 23.8 Å². The summed E-state index contributed by atoms with van der Waals surface area (Å²) in [4.78, 5) is 28.3. The summed E-state index contributed by atoms with van der Waals surface area (Å²) < 4.78 is 1.61. The van der Waals surface area contributed by atoms with Crippen LogP contribution in [-0.4, -0.2) is 31.2 Å². The Hall–Kier alpha value is -2.68. The molecule has 0 bridgehead atoms. The van der Waals surface area contributed by atoms with Crippen molar-refractivity contribution in [2.45, 2.75) is 37.4 Å². The number of nitro benzene ring substituents is 1. The fourth-order valence-electron chi connectivity index (χ4n) is 3.50. The average molecular weight is 371 g/mol. The molecular formula is C17H17N5O3S. The second kappa shape index (κ2) is 6.56. The molecule has 134 valence electrons. The SMILES string of the molecule is CCSc1nc2n(n1)[C@H](c1ccccc1[N+](=O)[O-])C1=C(CCCC1=O)N2. The van der Waals surface area contributed by atoms with Crippen molar-refractivity contribution in [3.8, 4) is 0 Å². The topological polar surface area (TPSA) is 103 Å². The molecule has 1 aliphatic heterocycles. The van der Waals surface area contributed by atoms with Gasteiger partial charge in [-0.3, -0.25) is 14.9 Å². The van der Waals surface area contributed by atoms with Crippen molar-refractivity contribution < 1.29 is 9.72 Å². The molecule has 1 atom stereocenters. The van der Waals surface area contributed by atoms with E-state index in [1.54, 1.807) is 22.9 Å². The minimum absolute atomic E-state index is 0.00717. The Labute approximate surface area is 153 Å². The number of thioether (sulfide) groups is 1. The predicted octanol–water partition coefficient (Wildman–Crippen LogP) is 3.32. The molecule has 0 saturated heterocycles. The van der Waals surface area contributed by atoms with Gasteiger partial charge in [0.05, 0.1) is 10.5 Å². The largest absolute Gasteiger partial charge is 0.328 e. The van der Waals surface area contributed by atoms with Gasteiger partial charge in [0.1, 0.15) is 6.04 Å². The number of benzene rings is 1. The van der Waals surface area contributed by atoms with Gasteiger partial charge in [-0.25, -0.2) is 4.68 Å². The first-order valence-electron chi connectivity index (χ1n) is 8.46. The molecule has 2 aliphatic rings. The number of nitrogens with one attached hydrogen (secondary N) is 1. The first-order chi connectivity index (χ1) is 12.6. The quantitative estimate of drug-likeness (QED) is 0.499. The fourth-order valence-corrected chi connectivity index (χ4v) is 4.05. The molecule has 2 heterocycles. The van der Waals surface area contributed by atoms with Crippen molar-refractivity contribution in [3.63, 3.8) is 0 Å². The number of ketones is 1. The van der Waals surface area contributed by atoms with Crippen LogP contribution in [0.5, 0.6) is 0 Å². The summed E-state index contributed by atoms with van der Waals surface area (Å²) in [6.07, 6.45) is 1.93. The fraction of sp³-hybridized carbons (Fsp3) is 0.353. The first kappa shape index (κ1) is 16.8. The van der Waals surface area contributed by atoms with Gasteiger partial charge in [0.15, 0.2) is 5.78 Å². The molecule has 9 heteroatoms. The summed E-state index contributed by atoms with van der Waals surface area (Å²) in [6, 6.07) is 5.90. The number of rotatable bonds is 4. The van der Waals surface area contributed by atoms with Crippen molar-refractivity contribution in [3.05, 3.63) is 51.2 Å². The maximum Gasteiger partial charge on any atom is 0.275 e. The van der Waals surface area contributed by atoms with E-state index in [9.17, 15) is 14.9 Å². The van der Waals surface area contributed by atoms with Crippen molar-refractivity contribution in [1.82, 2.24) is 14.8 Å². The van der Waals surface area contributed by atoms with Crippen LogP contribution in [0, 0.1) is 10.1 Å². The number of hydrogen-bond donors (Lipinski definition) is 1. The third-order valence-electron chi connectivity index (χ3n) is 4.55. The lowest BCUT2D eigenvalue weighted by atomic mass is 9.85. The summed E-state index contributed by atoms with van der Waals surface area (Å²) in [5.41, 5.74) is 1.81. The molecule has 0 saturated carbocycles. The van der Waals surface area contributed by atoms with Crippen molar-refractivity contribution in [2.75, 3.05) is 11.1 Å². The zero-order valence-electron chi connectivity index (χ0n) is 14.1.